The van der Waals surface area contributed by atoms with Crippen molar-refractivity contribution >= 4 is 22.6 Å². The highest BCUT2D eigenvalue weighted by Gasteiger charge is 2.10. The summed E-state index contributed by atoms with van der Waals surface area (Å²) in [5, 5.41) is 5.10. The number of aromatic nitrogens is 6. The average Bonchev–Trinajstić information content (AvgIpc) is 2.76. The number of hydrogen-bond acceptors (Lipinski definition) is 5. The van der Waals surface area contributed by atoms with E-state index in [1.54, 1.807) is 24.9 Å². The van der Waals surface area contributed by atoms with Crippen LogP contribution in [0.15, 0.2) is 23.4 Å². The third-order valence-corrected chi connectivity index (χ3v) is 3.21. The summed E-state index contributed by atoms with van der Waals surface area (Å²) in [4.78, 5) is 24.5. The predicted molar refractivity (Wildman–Crippen MR) is 73.7 cm³/mol. The summed E-state index contributed by atoms with van der Waals surface area (Å²) in [6.45, 7) is 1.98. The largest absolute Gasteiger partial charge is 0.292 e. The fraction of sp³-hybridized carbons (Fsp3) is 0.250. The van der Waals surface area contributed by atoms with Gasteiger partial charge in [0.1, 0.15) is 5.15 Å². The van der Waals surface area contributed by atoms with Gasteiger partial charge in [0, 0.05) is 18.8 Å². The van der Waals surface area contributed by atoms with E-state index in [2.05, 4.69) is 20.1 Å². The highest BCUT2D eigenvalue weighted by Crippen LogP contribution is 2.19. The fourth-order valence-corrected chi connectivity index (χ4v) is 2.12. The lowest BCUT2D eigenvalue weighted by atomic mass is 10.4. The van der Waals surface area contributed by atoms with Crippen molar-refractivity contribution in [2.45, 2.75) is 13.5 Å². The predicted octanol–water partition coefficient (Wildman–Crippen LogP) is 0.930. The summed E-state index contributed by atoms with van der Waals surface area (Å²) in [7, 11) is 1.77. The Morgan fingerprint density at radius 3 is 2.90 bits per heavy atom. The number of fused-ring (bicyclic) bond motifs is 1. The molecule has 0 saturated heterocycles. The molecule has 0 N–H and O–H groups in total. The summed E-state index contributed by atoms with van der Waals surface area (Å²) >= 11 is 6.10. The van der Waals surface area contributed by atoms with E-state index in [4.69, 9.17) is 11.6 Å². The van der Waals surface area contributed by atoms with E-state index < -0.39 is 0 Å². The van der Waals surface area contributed by atoms with Gasteiger partial charge in [0.25, 0.3) is 5.56 Å². The van der Waals surface area contributed by atoms with Gasteiger partial charge in [-0.25, -0.2) is 15.0 Å². The zero-order valence-corrected chi connectivity index (χ0v) is 11.7. The minimum Gasteiger partial charge on any atom is -0.292 e. The first-order chi connectivity index (χ1) is 9.54. The molecule has 102 valence electrons. The molecule has 20 heavy (non-hydrogen) atoms. The molecule has 3 aromatic heterocycles. The molecule has 0 bridgehead atoms. The van der Waals surface area contributed by atoms with Crippen LogP contribution in [0, 0.1) is 6.92 Å². The third kappa shape index (κ3) is 2.16. The second-order valence-corrected chi connectivity index (χ2v) is 4.79. The third-order valence-electron chi connectivity index (χ3n) is 2.92. The van der Waals surface area contributed by atoms with Gasteiger partial charge >= 0.3 is 0 Å². The van der Waals surface area contributed by atoms with Crippen molar-refractivity contribution in [2.24, 2.45) is 7.05 Å². The highest BCUT2D eigenvalue weighted by atomic mass is 35.5. The van der Waals surface area contributed by atoms with Gasteiger partial charge in [-0.05, 0) is 6.92 Å². The Balaban J connectivity index is 2.06. The van der Waals surface area contributed by atoms with Crippen molar-refractivity contribution in [2.75, 3.05) is 0 Å². The molecule has 0 spiro atoms. The van der Waals surface area contributed by atoms with Crippen molar-refractivity contribution < 1.29 is 0 Å². The van der Waals surface area contributed by atoms with Gasteiger partial charge in [0.05, 0.1) is 24.5 Å². The van der Waals surface area contributed by atoms with E-state index in [1.807, 2.05) is 0 Å². The molecule has 0 aliphatic heterocycles. The summed E-state index contributed by atoms with van der Waals surface area (Å²) < 4.78 is 3.05. The van der Waals surface area contributed by atoms with Crippen molar-refractivity contribution in [1.29, 1.82) is 0 Å². The van der Waals surface area contributed by atoms with Crippen LogP contribution < -0.4 is 5.56 Å². The fourth-order valence-electron chi connectivity index (χ4n) is 1.89. The van der Waals surface area contributed by atoms with Gasteiger partial charge in [0.2, 0.25) is 0 Å². The first-order valence-corrected chi connectivity index (χ1v) is 6.29. The Morgan fingerprint density at radius 1 is 1.35 bits per heavy atom. The number of aryl methyl sites for hydroxylation is 2. The average molecular weight is 291 g/mol. The lowest BCUT2D eigenvalue weighted by molar-refractivity contribution is 0.691. The van der Waals surface area contributed by atoms with Crippen molar-refractivity contribution in [1.82, 2.24) is 29.3 Å². The lowest BCUT2D eigenvalue weighted by Gasteiger charge is -2.05. The Labute approximate surface area is 118 Å². The molecule has 0 amide bonds. The van der Waals surface area contributed by atoms with Crippen molar-refractivity contribution in [3.63, 3.8) is 0 Å². The molecule has 3 rings (SSSR count). The van der Waals surface area contributed by atoms with E-state index in [0.29, 0.717) is 27.7 Å². The minimum atomic E-state index is -0.151. The lowest BCUT2D eigenvalue weighted by Crippen LogP contribution is -2.21. The molecule has 0 aliphatic rings. The molecule has 3 heterocycles. The highest BCUT2D eigenvalue weighted by molar-refractivity contribution is 6.33. The van der Waals surface area contributed by atoms with Gasteiger partial charge in [0.15, 0.2) is 11.5 Å². The molecule has 8 heteroatoms. The second kappa shape index (κ2) is 4.68. The molecule has 0 saturated carbocycles. The quantitative estimate of drug-likeness (QED) is 0.656. The molecule has 7 nitrogen and oxygen atoms in total. The van der Waals surface area contributed by atoms with Gasteiger partial charge in [-0.2, -0.15) is 5.10 Å². The standard InChI is InChI=1S/C12H11ClN6O/c1-7-3-10(20)19(6-14-7)5-9-16-11(13)8-4-15-18(2)12(8)17-9/h3-4,6H,5H2,1-2H3. The Hall–Kier alpha value is -2.28. The maximum Gasteiger partial charge on any atom is 0.253 e. The molecule has 0 unspecified atom stereocenters. The first kappa shape index (κ1) is 12.7. The summed E-state index contributed by atoms with van der Waals surface area (Å²) in [5.41, 5.74) is 1.16. The maximum atomic E-state index is 11.8. The SMILES string of the molecule is Cc1cc(=O)n(Cc2nc(Cl)c3cnn(C)c3n2)cn1. The Morgan fingerprint density at radius 2 is 2.15 bits per heavy atom. The van der Waals surface area contributed by atoms with Crippen molar-refractivity contribution in [3.05, 3.63) is 45.6 Å². The van der Waals surface area contributed by atoms with Crippen LogP contribution in [0.3, 0.4) is 0 Å². The van der Waals surface area contributed by atoms with Crippen LogP contribution in [0.2, 0.25) is 5.15 Å². The van der Waals surface area contributed by atoms with E-state index in [9.17, 15) is 4.79 Å². The smallest absolute Gasteiger partial charge is 0.253 e. The second-order valence-electron chi connectivity index (χ2n) is 4.43. The van der Waals surface area contributed by atoms with Crippen LogP contribution in [0.5, 0.6) is 0 Å². The monoisotopic (exact) mass is 290 g/mol. The molecular weight excluding hydrogens is 280 g/mol. The molecule has 0 aliphatic carbocycles. The van der Waals surface area contributed by atoms with Crippen LogP contribution in [0.4, 0.5) is 0 Å². The van der Waals surface area contributed by atoms with Crippen LogP contribution >= 0.6 is 11.6 Å². The van der Waals surface area contributed by atoms with Crippen molar-refractivity contribution in [3.8, 4) is 0 Å². The number of rotatable bonds is 2. The van der Waals surface area contributed by atoms with Crippen LogP contribution in [-0.4, -0.2) is 29.3 Å². The molecule has 0 atom stereocenters. The van der Waals surface area contributed by atoms with Gasteiger partial charge in [-0.15, -0.1) is 0 Å². The summed E-state index contributed by atoms with van der Waals surface area (Å²) in [6.07, 6.45) is 3.09. The maximum absolute atomic E-state index is 11.8. The number of hydrogen-bond donors (Lipinski definition) is 0. The van der Waals surface area contributed by atoms with Gasteiger partial charge < -0.3 is 0 Å². The normalized spacial score (nSPS) is 11.2. The van der Waals surface area contributed by atoms with E-state index in [-0.39, 0.29) is 12.1 Å². The number of nitrogens with zero attached hydrogens (tertiary/aromatic N) is 6. The number of halogens is 1. The molecule has 0 fully saturated rings. The van der Waals surface area contributed by atoms with E-state index in [1.165, 1.54) is 17.0 Å². The van der Waals surface area contributed by atoms with E-state index >= 15 is 0 Å². The topological polar surface area (TPSA) is 78.5 Å². The van der Waals surface area contributed by atoms with Crippen LogP contribution in [-0.2, 0) is 13.6 Å². The summed E-state index contributed by atoms with van der Waals surface area (Å²) in [6, 6.07) is 1.46. The first-order valence-electron chi connectivity index (χ1n) is 5.92. The Bertz CT molecular complexity index is 853. The molecule has 3 aromatic rings. The Kier molecular flexibility index (Phi) is 2.98. The van der Waals surface area contributed by atoms with Gasteiger partial charge in [-0.3, -0.25) is 14.0 Å². The van der Waals surface area contributed by atoms with E-state index in [0.717, 1.165) is 0 Å². The summed E-state index contributed by atoms with van der Waals surface area (Å²) in [5.74, 6) is 0.443. The van der Waals surface area contributed by atoms with Crippen LogP contribution in [0.1, 0.15) is 11.5 Å². The van der Waals surface area contributed by atoms with Crippen LogP contribution in [0.25, 0.3) is 11.0 Å². The zero-order valence-electron chi connectivity index (χ0n) is 10.9. The molecular formula is C12H11ClN6O. The minimum absolute atomic E-state index is 0.151. The molecule has 0 radical (unpaired) electrons. The van der Waals surface area contributed by atoms with Gasteiger partial charge in [-0.1, -0.05) is 11.6 Å². The zero-order chi connectivity index (χ0) is 14.3. The molecule has 0 aromatic carbocycles.